The number of alkyl halides is 1. The lowest BCUT2D eigenvalue weighted by Crippen LogP contribution is -2.44. The van der Waals surface area contributed by atoms with E-state index >= 15 is 0 Å². The third-order valence-corrected chi connectivity index (χ3v) is 6.57. The Morgan fingerprint density at radius 2 is 1.97 bits per heavy atom. The van der Waals surface area contributed by atoms with E-state index in [1.165, 1.54) is 0 Å². The Morgan fingerprint density at radius 1 is 1.09 bits per heavy atom. The molecule has 2 fully saturated rings. The van der Waals surface area contributed by atoms with E-state index in [-0.39, 0.29) is 17.8 Å². The Balaban J connectivity index is 1.38. The predicted octanol–water partition coefficient (Wildman–Crippen LogP) is 3.47. The molecule has 5 rings (SSSR count). The molecule has 2 aliphatic rings. The molecule has 3 N–H and O–H groups in total. The summed E-state index contributed by atoms with van der Waals surface area (Å²) in [5, 5.41) is 29.2. The molecule has 0 spiro atoms. The third kappa shape index (κ3) is 4.17. The summed E-state index contributed by atoms with van der Waals surface area (Å²) in [5.74, 6) is 1.19. The maximum Gasteiger partial charge on any atom is 0.185 e. The molecule has 0 radical (unpaired) electrons. The maximum atomic E-state index is 14.4. The number of nitrogens with zero attached hydrogens (tertiary/aromatic N) is 5. The number of rotatable bonds is 6. The van der Waals surface area contributed by atoms with Crippen molar-refractivity contribution >= 4 is 5.82 Å². The van der Waals surface area contributed by atoms with Gasteiger partial charge in [-0.2, -0.15) is 5.10 Å². The Hall–Kier alpha value is -3.07. The van der Waals surface area contributed by atoms with E-state index in [4.69, 9.17) is 0 Å². The van der Waals surface area contributed by atoms with E-state index in [1.54, 1.807) is 30.7 Å². The van der Waals surface area contributed by atoms with Crippen molar-refractivity contribution in [2.75, 3.05) is 11.9 Å². The Kier molecular flexibility index (Phi) is 5.73. The number of benzene rings is 1. The van der Waals surface area contributed by atoms with Gasteiger partial charge in [0.2, 0.25) is 0 Å². The number of hydrogen-bond donors (Lipinski definition) is 3. The number of H-pyrrole nitrogens is 1. The number of phenolic OH excluding ortho intramolecular Hbond substituents is 1. The minimum Gasteiger partial charge on any atom is -0.507 e. The van der Waals surface area contributed by atoms with Crippen LogP contribution >= 0.6 is 0 Å². The molecular formula is C23H28FN7O. The minimum atomic E-state index is -0.814. The van der Waals surface area contributed by atoms with Gasteiger partial charge in [-0.3, -0.25) is 5.10 Å². The Morgan fingerprint density at radius 3 is 2.62 bits per heavy atom. The molecule has 0 saturated heterocycles. The number of aromatic amines is 1. The zero-order valence-corrected chi connectivity index (χ0v) is 18.1. The highest BCUT2D eigenvalue weighted by Gasteiger charge is 2.38. The second kappa shape index (κ2) is 8.82. The van der Waals surface area contributed by atoms with Crippen LogP contribution in [0.4, 0.5) is 10.2 Å². The van der Waals surface area contributed by atoms with Gasteiger partial charge >= 0.3 is 0 Å². The average molecular weight is 438 g/mol. The van der Waals surface area contributed by atoms with E-state index in [0.717, 1.165) is 49.0 Å². The van der Waals surface area contributed by atoms with E-state index in [0.29, 0.717) is 23.9 Å². The van der Waals surface area contributed by atoms with Crippen molar-refractivity contribution in [1.29, 1.82) is 0 Å². The topological polar surface area (TPSA) is 103 Å². The molecule has 0 amide bonds. The van der Waals surface area contributed by atoms with Crippen LogP contribution in [0.1, 0.15) is 38.5 Å². The van der Waals surface area contributed by atoms with Crippen molar-refractivity contribution in [3.63, 3.8) is 0 Å². The number of phenols is 1. The highest BCUT2D eigenvalue weighted by molar-refractivity contribution is 5.72. The summed E-state index contributed by atoms with van der Waals surface area (Å²) in [5.41, 5.74) is 2.27. The molecule has 2 heterocycles. The molecule has 9 heteroatoms. The summed E-state index contributed by atoms with van der Waals surface area (Å²) < 4.78 is 14.4. The minimum absolute atomic E-state index is 0.0897. The molecule has 0 unspecified atom stereocenters. The highest BCUT2D eigenvalue weighted by Crippen LogP contribution is 2.37. The maximum absolute atomic E-state index is 14.4. The lowest BCUT2D eigenvalue weighted by atomic mass is 10.0. The Labute approximate surface area is 186 Å². The van der Waals surface area contributed by atoms with Crippen molar-refractivity contribution in [2.45, 2.75) is 62.8 Å². The van der Waals surface area contributed by atoms with E-state index in [1.807, 2.05) is 13.1 Å². The first-order valence-corrected chi connectivity index (χ1v) is 11.3. The van der Waals surface area contributed by atoms with Crippen LogP contribution in [0, 0.1) is 0 Å². The van der Waals surface area contributed by atoms with Crippen LogP contribution in [0.2, 0.25) is 0 Å². The molecule has 2 saturated carbocycles. The van der Waals surface area contributed by atoms with Gasteiger partial charge in [-0.05, 0) is 63.3 Å². The van der Waals surface area contributed by atoms with Crippen molar-refractivity contribution < 1.29 is 9.50 Å². The number of aromatic hydroxyl groups is 1. The number of anilines is 1. The predicted molar refractivity (Wildman–Crippen MR) is 120 cm³/mol. The average Bonchev–Trinajstić information content (AvgIpc) is 3.52. The largest absolute Gasteiger partial charge is 0.507 e. The zero-order chi connectivity index (χ0) is 22.1. The van der Waals surface area contributed by atoms with Crippen molar-refractivity contribution in [2.24, 2.45) is 0 Å². The number of aromatic nitrogens is 5. The van der Waals surface area contributed by atoms with E-state index < -0.39 is 6.17 Å². The number of hydrogen-bond acceptors (Lipinski definition) is 7. The summed E-state index contributed by atoms with van der Waals surface area (Å²) in [4.78, 5) is 6.82. The lowest BCUT2D eigenvalue weighted by molar-refractivity contribution is 0.241. The van der Waals surface area contributed by atoms with Crippen LogP contribution in [-0.4, -0.2) is 61.8 Å². The Bertz CT molecular complexity index is 1040. The summed E-state index contributed by atoms with van der Waals surface area (Å²) >= 11 is 0. The summed E-state index contributed by atoms with van der Waals surface area (Å²) in [7, 11) is 1.83. The summed E-state index contributed by atoms with van der Waals surface area (Å²) in [6.07, 6.45) is 9.75. The first-order chi connectivity index (χ1) is 15.6. The van der Waals surface area contributed by atoms with Crippen LogP contribution in [0.3, 0.4) is 0 Å². The molecule has 0 aliphatic heterocycles. The molecule has 8 nitrogen and oxygen atoms in total. The smallest absolute Gasteiger partial charge is 0.185 e. The van der Waals surface area contributed by atoms with Crippen LogP contribution in [-0.2, 0) is 0 Å². The summed E-state index contributed by atoms with van der Waals surface area (Å²) in [6.45, 7) is 0. The number of nitrogens with one attached hydrogen (secondary N) is 2. The highest BCUT2D eigenvalue weighted by atomic mass is 19.1. The van der Waals surface area contributed by atoms with E-state index in [2.05, 4.69) is 35.6 Å². The molecule has 3 atom stereocenters. The normalized spacial score (nSPS) is 23.6. The second-order valence-electron chi connectivity index (χ2n) is 8.73. The van der Waals surface area contributed by atoms with Crippen LogP contribution in [0.15, 0.2) is 36.8 Å². The first-order valence-electron chi connectivity index (χ1n) is 11.3. The van der Waals surface area contributed by atoms with Crippen molar-refractivity contribution in [3.05, 3.63) is 36.8 Å². The van der Waals surface area contributed by atoms with Gasteiger partial charge in [-0.1, -0.05) is 6.07 Å². The molecular weight excluding hydrogens is 409 g/mol. The quantitative estimate of drug-likeness (QED) is 0.508. The van der Waals surface area contributed by atoms with Crippen LogP contribution in [0.5, 0.6) is 5.75 Å². The first kappa shape index (κ1) is 20.8. The van der Waals surface area contributed by atoms with Gasteiger partial charge in [0.05, 0.1) is 18.0 Å². The molecule has 2 aromatic heterocycles. The molecule has 168 valence electrons. The number of halogens is 1. The van der Waals surface area contributed by atoms with Gasteiger partial charge in [0.15, 0.2) is 11.6 Å². The fraction of sp³-hybridized carbons (Fsp3) is 0.478. The zero-order valence-electron chi connectivity index (χ0n) is 18.1. The van der Waals surface area contributed by atoms with Gasteiger partial charge < -0.3 is 15.3 Å². The third-order valence-electron chi connectivity index (χ3n) is 6.57. The molecule has 32 heavy (non-hydrogen) atoms. The monoisotopic (exact) mass is 437 g/mol. The van der Waals surface area contributed by atoms with Gasteiger partial charge in [-0.25, -0.2) is 9.37 Å². The van der Waals surface area contributed by atoms with E-state index in [9.17, 15) is 9.50 Å². The molecule has 0 bridgehead atoms. The van der Waals surface area contributed by atoms with Gasteiger partial charge in [-0.15, -0.1) is 10.2 Å². The fourth-order valence-corrected chi connectivity index (χ4v) is 4.70. The standard InChI is InChI=1S/C23H28FN7O/c1-25-20-10-17(3-2-4-19(20)24)31(16-6-7-16)22-13-26-23(30-29-22)18-8-5-14(9-21(18)32)15-11-27-28-12-15/h5,8-9,11-13,16-17,19-20,25,32H,2-4,6-7,10H2,1H3,(H,27,28)/t17-,19+,20-/m0/s1. The lowest BCUT2D eigenvalue weighted by Gasteiger charge is -2.33. The van der Waals surface area contributed by atoms with Gasteiger partial charge in [0, 0.05) is 29.9 Å². The van der Waals surface area contributed by atoms with Crippen molar-refractivity contribution in [1.82, 2.24) is 30.7 Å². The van der Waals surface area contributed by atoms with Gasteiger partial charge in [0.25, 0.3) is 0 Å². The molecule has 3 aromatic rings. The van der Waals surface area contributed by atoms with Crippen molar-refractivity contribution in [3.8, 4) is 28.3 Å². The van der Waals surface area contributed by atoms with Gasteiger partial charge in [0.1, 0.15) is 11.9 Å². The summed E-state index contributed by atoms with van der Waals surface area (Å²) in [6, 6.07) is 5.84. The van der Waals surface area contributed by atoms with Crippen LogP contribution < -0.4 is 10.2 Å². The molecule has 2 aliphatic carbocycles. The molecule has 1 aromatic carbocycles. The SMILES string of the molecule is CN[C@H]1C[C@@H](N(c2cnc(-c3ccc(-c4cn[nH]c4)cc3O)nn2)C2CC2)CCC[C@H]1F. The van der Waals surface area contributed by atoms with Crippen LogP contribution in [0.25, 0.3) is 22.5 Å². The second-order valence-corrected chi connectivity index (χ2v) is 8.73. The fourth-order valence-electron chi connectivity index (χ4n) is 4.70.